The summed E-state index contributed by atoms with van der Waals surface area (Å²) >= 11 is 0. The molecule has 3 aromatic heterocycles. The van der Waals surface area contributed by atoms with Crippen LogP contribution in [0, 0.1) is 0 Å². The highest BCUT2D eigenvalue weighted by atomic mass is 19.4. The van der Waals surface area contributed by atoms with Gasteiger partial charge in [-0.15, -0.1) is 0 Å². The smallest absolute Gasteiger partial charge is 0.382 e. The molecule has 4 N–H and O–H groups in total. The summed E-state index contributed by atoms with van der Waals surface area (Å²) in [4.78, 5) is 40.0. The number of urea groups is 1. The molecule has 0 bridgehead atoms. The van der Waals surface area contributed by atoms with Crippen LogP contribution in [-0.4, -0.2) is 55.3 Å². The van der Waals surface area contributed by atoms with E-state index in [0.29, 0.717) is 29.9 Å². The average Bonchev–Trinajstić information content (AvgIpc) is 3.38. The zero-order valence-corrected chi connectivity index (χ0v) is 22.4. The first-order chi connectivity index (χ1) is 19.5. The van der Waals surface area contributed by atoms with Crippen molar-refractivity contribution in [3.8, 4) is 11.3 Å². The number of amides is 3. The zero-order valence-electron chi connectivity index (χ0n) is 22.4. The molecule has 13 heteroatoms. The Morgan fingerprint density at radius 1 is 1.12 bits per heavy atom. The van der Waals surface area contributed by atoms with E-state index in [-0.39, 0.29) is 35.2 Å². The van der Waals surface area contributed by atoms with Crippen LogP contribution in [0.4, 0.5) is 29.6 Å². The van der Waals surface area contributed by atoms with Crippen molar-refractivity contribution in [3.63, 3.8) is 0 Å². The molecular weight excluding hydrogens is 537 g/mol. The number of nitrogens with one attached hydrogen (secondary N) is 2. The van der Waals surface area contributed by atoms with Crippen LogP contribution >= 0.6 is 0 Å². The first-order valence-corrected chi connectivity index (χ1v) is 13.2. The Morgan fingerprint density at radius 2 is 1.88 bits per heavy atom. The first kappa shape index (κ1) is 27.9. The number of halogens is 3. The third-order valence-electron chi connectivity index (χ3n) is 7.19. The topological polar surface area (TPSA) is 131 Å². The van der Waals surface area contributed by atoms with Crippen LogP contribution in [0.5, 0.6) is 0 Å². The van der Waals surface area contributed by atoms with Crippen LogP contribution in [-0.2, 0) is 6.18 Å². The lowest BCUT2D eigenvalue weighted by Gasteiger charge is -2.37. The molecule has 1 aliphatic heterocycles. The Labute approximate surface area is 233 Å². The van der Waals surface area contributed by atoms with E-state index in [1.54, 1.807) is 30.5 Å². The first-order valence-electron chi connectivity index (χ1n) is 13.2. The van der Waals surface area contributed by atoms with E-state index in [1.807, 2.05) is 29.3 Å². The molecule has 0 spiro atoms. The third kappa shape index (κ3) is 5.79. The van der Waals surface area contributed by atoms with Gasteiger partial charge in [-0.1, -0.05) is 12.1 Å². The molecule has 1 aromatic carbocycles. The van der Waals surface area contributed by atoms with Gasteiger partial charge in [-0.05, 0) is 51.0 Å². The fraction of sp³-hybridized carbons (Fsp3) is 0.321. The van der Waals surface area contributed by atoms with E-state index in [1.165, 1.54) is 0 Å². The normalized spacial score (nSPS) is 17.4. The van der Waals surface area contributed by atoms with E-state index in [4.69, 9.17) is 5.73 Å². The second-order valence-corrected chi connectivity index (χ2v) is 9.95. The SMILES string of the molecule is CCNC(=O)N1C[C@H](c2ncc3c(N)nc(-c4ccc(C(=O)Nc5cc(C(F)(F)F)ccn5)cc4)cn23)CC[C@H]1C. The van der Waals surface area contributed by atoms with Gasteiger partial charge < -0.3 is 21.3 Å². The third-order valence-corrected chi connectivity index (χ3v) is 7.19. The molecule has 214 valence electrons. The van der Waals surface area contributed by atoms with Gasteiger partial charge in [-0.25, -0.2) is 19.7 Å². The Kier molecular flexibility index (Phi) is 7.52. The number of aromatic nitrogens is 4. The monoisotopic (exact) mass is 566 g/mol. The molecule has 0 saturated carbocycles. The van der Waals surface area contributed by atoms with E-state index < -0.39 is 17.6 Å². The molecular formula is C28H29F3N8O2. The van der Waals surface area contributed by atoms with Crippen molar-refractivity contribution in [3.05, 3.63) is 71.9 Å². The summed E-state index contributed by atoms with van der Waals surface area (Å²) in [6, 6.07) is 8.07. The van der Waals surface area contributed by atoms with Gasteiger partial charge in [0, 0.05) is 48.6 Å². The van der Waals surface area contributed by atoms with Gasteiger partial charge in [-0.2, -0.15) is 13.2 Å². The number of anilines is 2. The quantitative estimate of drug-likeness (QED) is 0.314. The number of imidazole rings is 1. The summed E-state index contributed by atoms with van der Waals surface area (Å²) in [7, 11) is 0. The van der Waals surface area contributed by atoms with Gasteiger partial charge in [-0.3, -0.25) is 9.20 Å². The number of alkyl halides is 3. The number of hydrogen-bond acceptors (Lipinski definition) is 6. The van der Waals surface area contributed by atoms with Gasteiger partial charge in [0.1, 0.15) is 23.0 Å². The maximum Gasteiger partial charge on any atom is 0.416 e. The predicted octanol–water partition coefficient (Wildman–Crippen LogP) is 4.94. The lowest BCUT2D eigenvalue weighted by Crippen LogP contribution is -2.49. The summed E-state index contributed by atoms with van der Waals surface area (Å²) in [6.45, 7) is 4.99. The van der Waals surface area contributed by atoms with Gasteiger partial charge in [0.05, 0.1) is 17.5 Å². The molecule has 3 amide bonds. The van der Waals surface area contributed by atoms with E-state index in [9.17, 15) is 22.8 Å². The van der Waals surface area contributed by atoms with Gasteiger partial charge in [0.25, 0.3) is 5.91 Å². The van der Waals surface area contributed by atoms with Crippen LogP contribution < -0.4 is 16.4 Å². The maximum atomic E-state index is 13.0. The predicted molar refractivity (Wildman–Crippen MR) is 147 cm³/mol. The molecule has 41 heavy (non-hydrogen) atoms. The number of carbonyl (C=O) groups is 2. The minimum Gasteiger partial charge on any atom is -0.382 e. The summed E-state index contributed by atoms with van der Waals surface area (Å²) in [5, 5.41) is 5.27. The van der Waals surface area contributed by atoms with Crippen LogP contribution in [0.15, 0.2) is 55.0 Å². The molecule has 4 heterocycles. The largest absolute Gasteiger partial charge is 0.416 e. The van der Waals surface area contributed by atoms with Gasteiger partial charge in [0.2, 0.25) is 0 Å². The number of benzene rings is 1. The highest BCUT2D eigenvalue weighted by molar-refractivity contribution is 6.04. The Balaban J connectivity index is 1.37. The summed E-state index contributed by atoms with van der Waals surface area (Å²) in [5.41, 5.74) is 7.48. The number of likely N-dealkylation sites (tertiary alicyclic amines) is 1. The van der Waals surface area contributed by atoms with Gasteiger partial charge >= 0.3 is 12.2 Å². The fourth-order valence-corrected chi connectivity index (χ4v) is 4.99. The number of piperidine rings is 1. The summed E-state index contributed by atoms with van der Waals surface area (Å²) in [5.74, 6) is 0.252. The lowest BCUT2D eigenvalue weighted by atomic mass is 9.93. The lowest BCUT2D eigenvalue weighted by molar-refractivity contribution is -0.137. The molecule has 5 rings (SSSR count). The molecule has 0 unspecified atom stereocenters. The fourth-order valence-electron chi connectivity index (χ4n) is 4.99. The molecule has 1 saturated heterocycles. The number of nitrogens with zero attached hydrogens (tertiary/aromatic N) is 5. The van der Waals surface area contributed by atoms with Crippen molar-refractivity contribution in [1.82, 2.24) is 29.6 Å². The average molecular weight is 567 g/mol. The maximum absolute atomic E-state index is 13.0. The number of fused-ring (bicyclic) bond motifs is 1. The van der Waals surface area contributed by atoms with Crippen molar-refractivity contribution >= 4 is 29.1 Å². The highest BCUT2D eigenvalue weighted by Gasteiger charge is 2.32. The Hall–Kier alpha value is -4.68. The van der Waals surface area contributed by atoms with Gasteiger partial charge in [0.15, 0.2) is 0 Å². The Bertz CT molecular complexity index is 1590. The van der Waals surface area contributed by atoms with Crippen LogP contribution in [0.3, 0.4) is 0 Å². The van der Waals surface area contributed by atoms with Crippen LogP contribution in [0.25, 0.3) is 16.8 Å². The molecule has 10 nitrogen and oxygen atoms in total. The number of hydrogen-bond donors (Lipinski definition) is 3. The second-order valence-electron chi connectivity index (χ2n) is 9.95. The number of pyridine rings is 1. The standard InChI is InChI=1S/C28H29F3N8O2/c1-3-33-27(41)38-14-19(5-4-16(38)2)25-35-13-22-24(32)36-21(15-39(22)25)17-6-8-18(9-7-17)26(40)37-23-12-20(10-11-34-23)28(29,30)31/h6-13,15-16,19H,3-5,14H2,1-2H3,(H2,32,36)(H,33,41)(H,34,37,40)/t16-,19-/m1/s1. The number of nitrogen functional groups attached to an aromatic ring is 1. The van der Waals surface area contributed by atoms with E-state index >= 15 is 0 Å². The summed E-state index contributed by atoms with van der Waals surface area (Å²) < 4.78 is 40.8. The van der Waals surface area contributed by atoms with Crippen molar-refractivity contribution in [2.45, 2.75) is 44.8 Å². The van der Waals surface area contributed by atoms with Crippen molar-refractivity contribution in [2.75, 3.05) is 24.1 Å². The number of rotatable bonds is 5. The Morgan fingerprint density at radius 3 is 2.59 bits per heavy atom. The number of nitrogens with two attached hydrogens (primary N) is 1. The molecule has 1 aliphatic rings. The minimum absolute atomic E-state index is 0.00138. The molecule has 2 atom stereocenters. The van der Waals surface area contributed by atoms with E-state index in [2.05, 4.69) is 25.6 Å². The molecule has 0 radical (unpaired) electrons. The van der Waals surface area contributed by atoms with Crippen molar-refractivity contribution < 1.29 is 22.8 Å². The second kappa shape index (κ2) is 11.1. The molecule has 1 fully saturated rings. The minimum atomic E-state index is -4.55. The summed E-state index contributed by atoms with van der Waals surface area (Å²) in [6.07, 6.45) is 1.63. The zero-order chi connectivity index (χ0) is 29.3. The molecule has 4 aromatic rings. The highest BCUT2D eigenvalue weighted by Crippen LogP contribution is 2.32. The molecule has 0 aliphatic carbocycles. The number of carbonyl (C=O) groups excluding carboxylic acids is 2. The van der Waals surface area contributed by atoms with Crippen molar-refractivity contribution in [2.24, 2.45) is 0 Å². The van der Waals surface area contributed by atoms with E-state index in [0.717, 1.165) is 37.0 Å². The van der Waals surface area contributed by atoms with Crippen LogP contribution in [0.2, 0.25) is 0 Å². The van der Waals surface area contributed by atoms with Crippen LogP contribution in [0.1, 0.15) is 54.4 Å². The van der Waals surface area contributed by atoms with Crippen molar-refractivity contribution in [1.29, 1.82) is 0 Å².